The number of anilines is 1. The van der Waals surface area contributed by atoms with Crippen molar-refractivity contribution in [3.63, 3.8) is 0 Å². The number of fused-ring (bicyclic) bond motifs is 1. The third-order valence-corrected chi connectivity index (χ3v) is 2.73. The molecule has 0 aromatic heterocycles. The van der Waals surface area contributed by atoms with Crippen LogP contribution in [-0.4, -0.2) is 17.4 Å². The largest absolute Gasteiger partial charge is 0.451 e. The molecule has 1 amide bonds. The highest BCUT2D eigenvalue weighted by Crippen LogP contribution is 2.32. The Morgan fingerprint density at radius 2 is 1.84 bits per heavy atom. The molecule has 3 N–H and O–H groups in total. The number of halogens is 1. The molecule has 1 aliphatic heterocycles. The Bertz CT molecular complexity index is 670. The van der Waals surface area contributed by atoms with E-state index in [-0.39, 0.29) is 16.3 Å². The molecule has 0 spiro atoms. The van der Waals surface area contributed by atoms with Gasteiger partial charge in [-0.3, -0.25) is 9.59 Å². The van der Waals surface area contributed by atoms with Gasteiger partial charge in [-0.15, -0.1) is 0 Å². The normalized spacial score (nSPS) is 20.7. The highest BCUT2D eigenvalue weighted by molar-refractivity contribution is 6.33. The van der Waals surface area contributed by atoms with E-state index >= 15 is 0 Å². The lowest BCUT2D eigenvalue weighted by molar-refractivity contribution is -0.120. The maximum Gasteiger partial charge on any atom is 0.451 e. The van der Waals surface area contributed by atoms with E-state index in [0.717, 1.165) is 0 Å². The molecule has 1 heterocycles. The van der Waals surface area contributed by atoms with Gasteiger partial charge in [-0.2, -0.15) is 0 Å². The van der Waals surface area contributed by atoms with E-state index in [0.29, 0.717) is 0 Å². The standard InChI is InChI=1S/C9H5ClN7O2/c10-4-1-2-6-5(3-4)7(18)9(14-16-11,15-17-12)8(19)13-6/h1-3,11-12H/q+1/p+1. The highest BCUT2D eigenvalue weighted by atomic mass is 35.5. The first-order chi connectivity index (χ1) is 9.05. The van der Waals surface area contributed by atoms with E-state index in [4.69, 9.17) is 22.7 Å². The van der Waals surface area contributed by atoms with E-state index in [1.165, 1.54) is 18.2 Å². The molecule has 1 aromatic carbocycles. The summed E-state index contributed by atoms with van der Waals surface area (Å²) in [5.41, 5.74) is 11.3. The summed E-state index contributed by atoms with van der Waals surface area (Å²) in [5, 5.41) is 9.07. The number of nitrogens with one attached hydrogen (secondary N) is 3. The van der Waals surface area contributed by atoms with E-state index in [2.05, 4.69) is 25.4 Å². The predicted octanol–water partition coefficient (Wildman–Crippen LogP) is 1.27. The van der Waals surface area contributed by atoms with Gasteiger partial charge in [0, 0.05) is 10.6 Å². The Kier molecular flexibility index (Phi) is 3.02. The van der Waals surface area contributed by atoms with Gasteiger partial charge in [0.25, 0.3) is 5.91 Å². The third-order valence-electron chi connectivity index (χ3n) is 2.50. The second-order valence-corrected chi connectivity index (χ2v) is 3.98. The van der Waals surface area contributed by atoms with Gasteiger partial charge in [0.2, 0.25) is 15.6 Å². The summed E-state index contributed by atoms with van der Waals surface area (Å²) >= 11 is 5.78. The van der Waals surface area contributed by atoms with E-state index in [9.17, 15) is 9.59 Å². The Hall–Kier alpha value is -2.73. The van der Waals surface area contributed by atoms with Crippen LogP contribution in [0.5, 0.6) is 0 Å². The van der Waals surface area contributed by atoms with Gasteiger partial charge >= 0.3 is 5.66 Å². The molecule has 9 nitrogen and oxygen atoms in total. The summed E-state index contributed by atoms with van der Waals surface area (Å²) in [7, 11) is 0. The fourth-order valence-corrected chi connectivity index (χ4v) is 1.83. The van der Waals surface area contributed by atoms with Crippen LogP contribution in [0.15, 0.2) is 28.4 Å². The Morgan fingerprint density at radius 3 is 2.42 bits per heavy atom. The molecule has 1 aromatic rings. The molecule has 0 saturated heterocycles. The smallest absolute Gasteiger partial charge is 0.321 e. The van der Waals surface area contributed by atoms with Crippen molar-refractivity contribution >= 4 is 29.0 Å². The van der Waals surface area contributed by atoms with Gasteiger partial charge in [0.1, 0.15) is 11.1 Å². The van der Waals surface area contributed by atoms with Crippen molar-refractivity contribution in [1.29, 1.82) is 11.1 Å². The zero-order valence-electron chi connectivity index (χ0n) is 9.22. The van der Waals surface area contributed by atoms with Crippen LogP contribution < -0.4 is 15.1 Å². The summed E-state index contributed by atoms with van der Waals surface area (Å²) in [6, 6.07) is 4.28. The quantitative estimate of drug-likeness (QED) is 0.425. The Morgan fingerprint density at radius 1 is 1.21 bits per heavy atom. The number of nitrogens with zero attached hydrogens (tertiary/aromatic N) is 4. The number of rotatable bonds is 2. The average molecular weight is 280 g/mol. The van der Waals surface area contributed by atoms with E-state index in [1.807, 2.05) is 0 Å². The highest BCUT2D eigenvalue weighted by Gasteiger charge is 2.61. The van der Waals surface area contributed by atoms with E-state index in [1.54, 1.807) is 0 Å². The topological polar surface area (TPSA) is 147 Å². The second-order valence-electron chi connectivity index (χ2n) is 3.55. The van der Waals surface area contributed by atoms with Gasteiger partial charge in [0.05, 0.1) is 5.69 Å². The summed E-state index contributed by atoms with van der Waals surface area (Å²) in [4.78, 5) is 29.5. The summed E-state index contributed by atoms with van der Waals surface area (Å²) < 4.78 is 0. The van der Waals surface area contributed by atoms with Crippen LogP contribution in [0.2, 0.25) is 5.02 Å². The Labute approximate surface area is 110 Å². The number of benzene rings is 1. The molecule has 0 fully saturated rings. The first-order valence-electron chi connectivity index (χ1n) is 4.88. The molecule has 0 saturated carbocycles. The minimum atomic E-state index is -2.37. The zero-order valence-corrected chi connectivity index (χ0v) is 9.97. The van der Waals surface area contributed by atoms with Crippen molar-refractivity contribution in [3.05, 3.63) is 28.8 Å². The van der Waals surface area contributed by atoms with E-state index < -0.39 is 17.4 Å². The molecular weight excluding hydrogens is 274 g/mol. The molecular formula is C9H6ClN7O2+2. The minimum absolute atomic E-state index is 0.0619. The average Bonchev–Trinajstić information content (AvgIpc) is 2.38. The van der Waals surface area contributed by atoms with Crippen molar-refractivity contribution in [2.24, 2.45) is 10.2 Å². The third kappa shape index (κ3) is 1.84. The predicted molar refractivity (Wildman–Crippen MR) is 61.7 cm³/mol. The zero-order chi connectivity index (χ0) is 14.0. The maximum atomic E-state index is 12.3. The van der Waals surface area contributed by atoms with Crippen LogP contribution >= 0.6 is 11.6 Å². The van der Waals surface area contributed by atoms with Crippen molar-refractivity contribution in [2.75, 3.05) is 5.32 Å². The van der Waals surface area contributed by atoms with Crippen molar-refractivity contribution in [1.82, 2.24) is 9.82 Å². The number of Topliss-reactive ketones (excluding diaryl/α,β-unsaturated/α-hetero) is 1. The molecule has 10 heteroatoms. The lowest BCUT2D eigenvalue weighted by Gasteiger charge is -2.20. The number of carbonyl (C=O) groups is 2. The van der Waals surface area contributed by atoms with Crippen LogP contribution in [0.1, 0.15) is 10.4 Å². The fourth-order valence-electron chi connectivity index (χ4n) is 1.66. The first-order valence-corrected chi connectivity index (χ1v) is 5.26. The molecule has 0 radical (unpaired) electrons. The Balaban J connectivity index is 2.73. The summed E-state index contributed by atoms with van der Waals surface area (Å²) in [5.74, 6) is -1.78. The number of carbonyl (C=O) groups excluding carboxylic acids is 2. The van der Waals surface area contributed by atoms with Crippen molar-refractivity contribution < 1.29 is 9.59 Å². The van der Waals surface area contributed by atoms with Crippen molar-refractivity contribution in [3.8, 4) is 0 Å². The molecule has 0 bridgehead atoms. The summed E-state index contributed by atoms with van der Waals surface area (Å²) in [6.07, 6.45) is 0. The van der Waals surface area contributed by atoms with Gasteiger partial charge < -0.3 is 5.32 Å². The SMILES string of the molecule is N=[N+]=NC1(N=[N+]=N)C(=O)Nc2ccc(Cl)cc2C1=O. The van der Waals surface area contributed by atoms with Gasteiger partial charge in [0.15, 0.2) is 10.2 Å². The minimum Gasteiger partial charge on any atom is -0.321 e. The lowest BCUT2D eigenvalue weighted by Crippen LogP contribution is -2.50. The van der Waals surface area contributed by atoms with Crippen LogP contribution in [0.25, 0.3) is 0 Å². The molecule has 0 unspecified atom stereocenters. The van der Waals surface area contributed by atoms with Gasteiger partial charge in [-0.05, 0) is 18.2 Å². The second kappa shape index (κ2) is 4.51. The molecule has 19 heavy (non-hydrogen) atoms. The molecule has 0 aliphatic carbocycles. The number of hydrogen-bond donors (Lipinski definition) is 3. The van der Waals surface area contributed by atoms with Crippen LogP contribution in [0, 0.1) is 11.1 Å². The lowest BCUT2D eigenvalue weighted by atomic mass is 9.93. The molecule has 2 rings (SSSR count). The molecule has 0 atom stereocenters. The number of hydrogen-bond acceptors (Lipinski definition) is 6. The van der Waals surface area contributed by atoms with Crippen LogP contribution in [0.3, 0.4) is 0 Å². The molecule has 1 aliphatic rings. The first kappa shape index (κ1) is 12.7. The number of amides is 1. The fraction of sp³-hybridized carbons (Fsp3) is 0.111. The van der Waals surface area contributed by atoms with Crippen LogP contribution in [0.4, 0.5) is 5.69 Å². The van der Waals surface area contributed by atoms with Gasteiger partial charge in [-0.25, -0.2) is 0 Å². The molecule has 94 valence electrons. The monoisotopic (exact) mass is 279 g/mol. The van der Waals surface area contributed by atoms with Crippen LogP contribution in [-0.2, 0) is 4.79 Å². The van der Waals surface area contributed by atoms with Gasteiger partial charge in [-0.1, -0.05) is 11.6 Å². The maximum absolute atomic E-state index is 12.3. The van der Waals surface area contributed by atoms with Crippen molar-refractivity contribution in [2.45, 2.75) is 5.66 Å². The summed E-state index contributed by atoms with van der Waals surface area (Å²) in [6.45, 7) is 0. The number of ketones is 1.